The zero-order chi connectivity index (χ0) is 14.8. The molecule has 1 rings (SSSR count). The van der Waals surface area contributed by atoms with Crippen LogP contribution in [-0.2, 0) is 11.3 Å². The number of hydrogen-bond acceptors (Lipinski definition) is 5. The molecular weight excluding hydrogens is 258 g/mol. The third-order valence-electron chi connectivity index (χ3n) is 2.87. The standard InChI is InChI=1S/C15H25NO4/c1-4-5-6-19-7-8-20-15-13(17-2)9-12(11-16)10-14(15)18-3/h9-10H,4-8,11,16H2,1-3H3. The Morgan fingerprint density at radius 2 is 1.65 bits per heavy atom. The maximum atomic E-state index is 5.71. The third-order valence-corrected chi connectivity index (χ3v) is 2.87. The van der Waals surface area contributed by atoms with E-state index in [1.165, 1.54) is 0 Å². The second-order valence-corrected chi connectivity index (χ2v) is 4.35. The van der Waals surface area contributed by atoms with Gasteiger partial charge in [-0.05, 0) is 24.1 Å². The molecule has 0 spiro atoms. The molecule has 0 fully saturated rings. The van der Waals surface area contributed by atoms with E-state index in [1.54, 1.807) is 14.2 Å². The zero-order valence-electron chi connectivity index (χ0n) is 12.6. The van der Waals surface area contributed by atoms with Crippen molar-refractivity contribution in [3.05, 3.63) is 17.7 Å². The highest BCUT2D eigenvalue weighted by Crippen LogP contribution is 2.38. The van der Waals surface area contributed by atoms with Crippen LogP contribution >= 0.6 is 0 Å². The van der Waals surface area contributed by atoms with Crippen molar-refractivity contribution >= 4 is 0 Å². The van der Waals surface area contributed by atoms with E-state index in [0.29, 0.717) is 37.0 Å². The Kier molecular flexibility index (Phi) is 7.84. The molecule has 0 amide bonds. The fourth-order valence-corrected chi connectivity index (χ4v) is 1.75. The van der Waals surface area contributed by atoms with E-state index in [1.807, 2.05) is 12.1 Å². The number of methoxy groups -OCH3 is 2. The summed E-state index contributed by atoms with van der Waals surface area (Å²) in [5, 5.41) is 0. The van der Waals surface area contributed by atoms with E-state index in [0.717, 1.165) is 25.0 Å². The maximum absolute atomic E-state index is 5.71. The SMILES string of the molecule is CCCCOCCOc1c(OC)cc(CN)cc1OC. The predicted octanol–water partition coefficient (Wildman–Crippen LogP) is 2.36. The van der Waals surface area contributed by atoms with Gasteiger partial charge in [0.25, 0.3) is 0 Å². The van der Waals surface area contributed by atoms with Crippen molar-refractivity contribution in [1.82, 2.24) is 0 Å². The molecule has 0 aromatic heterocycles. The Balaban J connectivity index is 2.63. The van der Waals surface area contributed by atoms with E-state index in [-0.39, 0.29) is 0 Å². The van der Waals surface area contributed by atoms with Crippen LogP contribution in [0.1, 0.15) is 25.3 Å². The van der Waals surface area contributed by atoms with Crippen LogP contribution in [0.5, 0.6) is 17.2 Å². The molecule has 0 saturated heterocycles. The summed E-state index contributed by atoms with van der Waals surface area (Å²) >= 11 is 0. The number of ether oxygens (including phenoxy) is 4. The molecule has 114 valence electrons. The van der Waals surface area contributed by atoms with Crippen molar-refractivity contribution in [2.24, 2.45) is 5.73 Å². The molecule has 1 aromatic carbocycles. The molecule has 0 aliphatic carbocycles. The molecule has 0 unspecified atom stereocenters. The lowest BCUT2D eigenvalue weighted by atomic mass is 10.2. The molecule has 5 heteroatoms. The average molecular weight is 283 g/mol. The summed E-state index contributed by atoms with van der Waals surface area (Å²) < 4.78 is 21.8. The van der Waals surface area contributed by atoms with Gasteiger partial charge in [0.1, 0.15) is 6.61 Å². The first kappa shape index (κ1) is 16.6. The molecule has 1 aromatic rings. The minimum absolute atomic E-state index is 0.424. The Morgan fingerprint density at radius 1 is 1.00 bits per heavy atom. The molecular formula is C15H25NO4. The molecule has 2 N–H and O–H groups in total. The molecule has 0 aliphatic heterocycles. The first-order valence-corrected chi connectivity index (χ1v) is 6.92. The molecule has 0 aliphatic rings. The number of unbranched alkanes of at least 4 members (excludes halogenated alkanes) is 1. The van der Waals surface area contributed by atoms with Gasteiger partial charge < -0.3 is 24.7 Å². The van der Waals surface area contributed by atoms with E-state index in [4.69, 9.17) is 24.7 Å². The lowest BCUT2D eigenvalue weighted by Gasteiger charge is -2.15. The van der Waals surface area contributed by atoms with E-state index >= 15 is 0 Å². The van der Waals surface area contributed by atoms with Crippen LogP contribution < -0.4 is 19.9 Å². The van der Waals surface area contributed by atoms with Crippen LogP contribution in [-0.4, -0.2) is 34.0 Å². The summed E-state index contributed by atoms with van der Waals surface area (Å²) in [5.74, 6) is 1.84. The van der Waals surface area contributed by atoms with Crippen LogP contribution in [0.25, 0.3) is 0 Å². The van der Waals surface area contributed by atoms with Crippen LogP contribution in [0.15, 0.2) is 12.1 Å². The van der Waals surface area contributed by atoms with Crippen LogP contribution in [0.2, 0.25) is 0 Å². The summed E-state index contributed by atoms with van der Waals surface area (Å²) in [4.78, 5) is 0. The number of hydrogen-bond donors (Lipinski definition) is 1. The van der Waals surface area contributed by atoms with Crippen molar-refractivity contribution in [2.45, 2.75) is 26.3 Å². The Morgan fingerprint density at radius 3 is 2.15 bits per heavy atom. The summed E-state index contributed by atoms with van der Waals surface area (Å²) in [6.07, 6.45) is 2.20. The maximum Gasteiger partial charge on any atom is 0.203 e. The molecule has 0 saturated carbocycles. The van der Waals surface area contributed by atoms with Gasteiger partial charge in [-0.2, -0.15) is 0 Å². The van der Waals surface area contributed by atoms with Crippen molar-refractivity contribution in [1.29, 1.82) is 0 Å². The topological polar surface area (TPSA) is 62.9 Å². The van der Waals surface area contributed by atoms with Crippen LogP contribution in [0, 0.1) is 0 Å². The molecule has 0 bridgehead atoms. The normalized spacial score (nSPS) is 10.4. The molecule has 0 heterocycles. The van der Waals surface area contributed by atoms with Crippen LogP contribution in [0.4, 0.5) is 0 Å². The molecule has 5 nitrogen and oxygen atoms in total. The monoisotopic (exact) mass is 283 g/mol. The largest absolute Gasteiger partial charge is 0.493 e. The lowest BCUT2D eigenvalue weighted by Crippen LogP contribution is -2.09. The van der Waals surface area contributed by atoms with Gasteiger partial charge in [-0.25, -0.2) is 0 Å². The smallest absolute Gasteiger partial charge is 0.203 e. The van der Waals surface area contributed by atoms with Crippen molar-refractivity contribution in [3.63, 3.8) is 0 Å². The second-order valence-electron chi connectivity index (χ2n) is 4.35. The van der Waals surface area contributed by atoms with E-state index in [9.17, 15) is 0 Å². The summed E-state index contributed by atoms with van der Waals surface area (Å²) in [7, 11) is 3.19. The molecule has 0 atom stereocenters. The minimum Gasteiger partial charge on any atom is -0.493 e. The quantitative estimate of drug-likeness (QED) is 0.668. The van der Waals surface area contributed by atoms with Gasteiger partial charge in [0, 0.05) is 13.2 Å². The first-order chi connectivity index (χ1) is 9.76. The fraction of sp³-hybridized carbons (Fsp3) is 0.600. The first-order valence-electron chi connectivity index (χ1n) is 6.92. The molecule has 0 radical (unpaired) electrons. The highest BCUT2D eigenvalue weighted by atomic mass is 16.6. The third kappa shape index (κ3) is 4.90. The zero-order valence-corrected chi connectivity index (χ0v) is 12.6. The summed E-state index contributed by atoms with van der Waals surface area (Å²) in [6, 6.07) is 3.71. The van der Waals surface area contributed by atoms with Crippen molar-refractivity contribution in [2.75, 3.05) is 34.0 Å². The molecule has 20 heavy (non-hydrogen) atoms. The van der Waals surface area contributed by atoms with Gasteiger partial charge in [0.05, 0.1) is 20.8 Å². The van der Waals surface area contributed by atoms with E-state index in [2.05, 4.69) is 6.92 Å². The summed E-state index contributed by atoms with van der Waals surface area (Å²) in [5.41, 5.74) is 6.58. The fourth-order valence-electron chi connectivity index (χ4n) is 1.75. The number of benzene rings is 1. The minimum atomic E-state index is 0.424. The summed E-state index contributed by atoms with van der Waals surface area (Å²) in [6.45, 7) is 4.32. The van der Waals surface area contributed by atoms with Crippen molar-refractivity contribution < 1.29 is 18.9 Å². The Bertz CT molecular complexity index is 370. The van der Waals surface area contributed by atoms with Crippen LogP contribution in [0.3, 0.4) is 0 Å². The van der Waals surface area contributed by atoms with Gasteiger partial charge in [0.2, 0.25) is 5.75 Å². The van der Waals surface area contributed by atoms with Gasteiger partial charge in [0.15, 0.2) is 11.5 Å². The van der Waals surface area contributed by atoms with Crippen molar-refractivity contribution in [3.8, 4) is 17.2 Å². The highest BCUT2D eigenvalue weighted by Gasteiger charge is 2.13. The highest BCUT2D eigenvalue weighted by molar-refractivity contribution is 5.53. The average Bonchev–Trinajstić information content (AvgIpc) is 2.50. The van der Waals surface area contributed by atoms with Gasteiger partial charge >= 0.3 is 0 Å². The number of rotatable bonds is 10. The second kappa shape index (κ2) is 9.44. The Hall–Kier alpha value is -1.46. The predicted molar refractivity (Wildman–Crippen MR) is 78.7 cm³/mol. The lowest BCUT2D eigenvalue weighted by molar-refractivity contribution is 0.0958. The van der Waals surface area contributed by atoms with Gasteiger partial charge in [-0.1, -0.05) is 13.3 Å². The number of nitrogens with two attached hydrogens (primary N) is 1. The Labute approximate surface area is 121 Å². The van der Waals surface area contributed by atoms with Gasteiger partial charge in [-0.15, -0.1) is 0 Å². The van der Waals surface area contributed by atoms with E-state index < -0.39 is 0 Å². The van der Waals surface area contributed by atoms with Gasteiger partial charge in [-0.3, -0.25) is 0 Å².